The molecule has 0 aliphatic carbocycles. The maximum atomic E-state index is 12.9. The molecule has 34 heavy (non-hydrogen) atoms. The molecular formula is C25H26ClN5O3. The highest BCUT2D eigenvalue weighted by molar-refractivity contribution is 6.30. The molecule has 2 amide bonds. The van der Waals surface area contributed by atoms with Gasteiger partial charge in [-0.2, -0.15) is 4.98 Å². The molecule has 0 atom stereocenters. The summed E-state index contributed by atoms with van der Waals surface area (Å²) >= 11 is 5.93. The Hall–Kier alpha value is -3.49. The van der Waals surface area contributed by atoms with Gasteiger partial charge in [-0.15, -0.1) is 6.58 Å². The summed E-state index contributed by atoms with van der Waals surface area (Å²) in [6.07, 6.45) is 3.02. The Balaban J connectivity index is 1.30. The first kappa shape index (κ1) is 23.7. The third-order valence-electron chi connectivity index (χ3n) is 5.72. The molecule has 4 rings (SSSR count). The zero-order valence-electron chi connectivity index (χ0n) is 18.7. The van der Waals surface area contributed by atoms with E-state index >= 15 is 0 Å². The smallest absolute Gasteiger partial charge is 0.253 e. The Morgan fingerprint density at radius 1 is 1.15 bits per heavy atom. The van der Waals surface area contributed by atoms with Crippen molar-refractivity contribution in [3.05, 3.63) is 77.7 Å². The number of benzene rings is 2. The van der Waals surface area contributed by atoms with Crippen LogP contribution in [0.25, 0.3) is 11.4 Å². The number of carbonyl (C=O) groups is 2. The van der Waals surface area contributed by atoms with E-state index in [2.05, 4.69) is 32.3 Å². The molecule has 176 valence electrons. The molecular weight excluding hydrogens is 454 g/mol. The molecule has 2 aromatic carbocycles. The number of aromatic nitrogens is 2. The van der Waals surface area contributed by atoms with Crippen LogP contribution in [0.2, 0.25) is 5.02 Å². The van der Waals surface area contributed by atoms with Gasteiger partial charge in [0.2, 0.25) is 17.6 Å². The highest BCUT2D eigenvalue weighted by Crippen LogP contribution is 2.23. The number of anilines is 1. The average Bonchev–Trinajstić information content (AvgIpc) is 3.32. The first-order chi connectivity index (χ1) is 16.5. The third-order valence-corrected chi connectivity index (χ3v) is 5.98. The summed E-state index contributed by atoms with van der Waals surface area (Å²) in [6.45, 7) is 5.96. The van der Waals surface area contributed by atoms with Gasteiger partial charge in [-0.1, -0.05) is 35.0 Å². The van der Waals surface area contributed by atoms with Crippen molar-refractivity contribution in [1.29, 1.82) is 0 Å². The molecule has 8 nitrogen and oxygen atoms in total. The van der Waals surface area contributed by atoms with Crippen LogP contribution in [0.1, 0.15) is 29.1 Å². The molecule has 1 aromatic heterocycles. The third kappa shape index (κ3) is 5.89. The second kappa shape index (κ2) is 11.1. The van der Waals surface area contributed by atoms with Crippen LogP contribution in [0.4, 0.5) is 5.69 Å². The van der Waals surface area contributed by atoms with Gasteiger partial charge < -0.3 is 15.2 Å². The predicted octanol–water partition coefficient (Wildman–Crippen LogP) is 4.16. The van der Waals surface area contributed by atoms with Crippen LogP contribution in [-0.2, 0) is 11.3 Å². The average molecular weight is 480 g/mol. The van der Waals surface area contributed by atoms with E-state index in [-0.39, 0.29) is 17.7 Å². The molecule has 0 spiro atoms. The zero-order chi connectivity index (χ0) is 23.9. The van der Waals surface area contributed by atoms with E-state index in [1.54, 1.807) is 42.5 Å². The van der Waals surface area contributed by atoms with Gasteiger partial charge in [-0.05, 0) is 62.3 Å². The highest BCUT2D eigenvalue weighted by atomic mass is 35.5. The number of rotatable bonds is 8. The molecule has 0 bridgehead atoms. The molecule has 1 fully saturated rings. The summed E-state index contributed by atoms with van der Waals surface area (Å²) in [5.41, 5.74) is 1.79. The number of likely N-dealkylation sites (tertiary alicyclic amines) is 1. The number of nitrogens with zero attached hydrogens (tertiary/aromatic N) is 3. The maximum Gasteiger partial charge on any atom is 0.253 e. The lowest BCUT2D eigenvalue weighted by Gasteiger charge is -2.30. The highest BCUT2D eigenvalue weighted by Gasteiger charge is 2.27. The monoisotopic (exact) mass is 479 g/mol. The molecule has 1 saturated heterocycles. The number of halogens is 1. The van der Waals surface area contributed by atoms with Crippen LogP contribution in [0, 0.1) is 5.92 Å². The summed E-state index contributed by atoms with van der Waals surface area (Å²) in [5.74, 6) is 0.603. The number of para-hydroxylation sites is 1. The minimum atomic E-state index is -0.247. The van der Waals surface area contributed by atoms with Gasteiger partial charge in [0.15, 0.2) is 0 Å². The normalized spacial score (nSPS) is 14.5. The number of amides is 2. The van der Waals surface area contributed by atoms with Gasteiger partial charge in [-0.25, -0.2) is 0 Å². The Kier molecular flexibility index (Phi) is 7.72. The number of hydrogen-bond donors (Lipinski definition) is 2. The van der Waals surface area contributed by atoms with Gasteiger partial charge in [0.05, 0.1) is 17.8 Å². The molecule has 1 aliphatic rings. The fourth-order valence-corrected chi connectivity index (χ4v) is 3.99. The van der Waals surface area contributed by atoms with Gasteiger partial charge in [0.1, 0.15) is 0 Å². The van der Waals surface area contributed by atoms with E-state index in [1.165, 1.54) is 0 Å². The van der Waals surface area contributed by atoms with Crippen molar-refractivity contribution in [1.82, 2.24) is 20.4 Å². The van der Waals surface area contributed by atoms with Crippen molar-refractivity contribution < 1.29 is 14.1 Å². The molecule has 2 N–H and O–H groups in total. The van der Waals surface area contributed by atoms with Gasteiger partial charge >= 0.3 is 0 Å². The van der Waals surface area contributed by atoms with E-state index in [0.29, 0.717) is 53.9 Å². The number of hydrogen-bond acceptors (Lipinski definition) is 6. The molecule has 0 saturated carbocycles. The van der Waals surface area contributed by atoms with Gasteiger partial charge in [0.25, 0.3) is 5.91 Å². The topological polar surface area (TPSA) is 100 Å². The molecule has 0 unspecified atom stereocenters. The summed E-state index contributed by atoms with van der Waals surface area (Å²) in [6, 6.07) is 14.3. The van der Waals surface area contributed by atoms with Crippen LogP contribution in [0.5, 0.6) is 0 Å². The SMILES string of the molecule is C=CCNC(=O)c1ccccc1NC(=O)C1CCN(Cc2nc(-c3ccc(Cl)cc3)no2)CC1. The Morgan fingerprint density at radius 3 is 2.62 bits per heavy atom. The van der Waals surface area contributed by atoms with E-state index in [1.807, 2.05) is 12.1 Å². The molecule has 9 heteroatoms. The lowest BCUT2D eigenvalue weighted by atomic mass is 9.95. The van der Waals surface area contributed by atoms with Crippen molar-refractivity contribution in [3.63, 3.8) is 0 Å². The van der Waals surface area contributed by atoms with E-state index in [4.69, 9.17) is 16.1 Å². The van der Waals surface area contributed by atoms with Crippen LogP contribution in [0.15, 0.2) is 65.7 Å². The summed E-state index contributed by atoms with van der Waals surface area (Å²) < 4.78 is 5.41. The van der Waals surface area contributed by atoms with Crippen LogP contribution < -0.4 is 10.6 Å². The lowest BCUT2D eigenvalue weighted by Crippen LogP contribution is -2.38. The molecule has 0 radical (unpaired) electrons. The van der Waals surface area contributed by atoms with Crippen LogP contribution in [0.3, 0.4) is 0 Å². The van der Waals surface area contributed by atoms with Crippen LogP contribution in [-0.4, -0.2) is 46.5 Å². The summed E-state index contributed by atoms with van der Waals surface area (Å²) in [7, 11) is 0. The first-order valence-electron chi connectivity index (χ1n) is 11.1. The molecule has 3 aromatic rings. The zero-order valence-corrected chi connectivity index (χ0v) is 19.4. The van der Waals surface area contributed by atoms with Crippen molar-refractivity contribution >= 4 is 29.1 Å². The predicted molar refractivity (Wildman–Crippen MR) is 130 cm³/mol. The van der Waals surface area contributed by atoms with Gasteiger partial charge in [0, 0.05) is 23.0 Å². The quantitative estimate of drug-likeness (QED) is 0.470. The minimum Gasteiger partial charge on any atom is -0.349 e. The lowest BCUT2D eigenvalue weighted by molar-refractivity contribution is -0.121. The van der Waals surface area contributed by atoms with Gasteiger partial charge in [-0.3, -0.25) is 14.5 Å². The fraction of sp³-hybridized carbons (Fsp3) is 0.280. The van der Waals surface area contributed by atoms with Crippen LogP contribution >= 0.6 is 11.6 Å². The largest absolute Gasteiger partial charge is 0.349 e. The van der Waals surface area contributed by atoms with E-state index < -0.39 is 0 Å². The Labute approximate surface area is 203 Å². The maximum absolute atomic E-state index is 12.9. The van der Waals surface area contributed by atoms with E-state index in [0.717, 1.165) is 18.7 Å². The number of piperidine rings is 1. The molecule has 1 aliphatic heterocycles. The first-order valence-corrected chi connectivity index (χ1v) is 11.5. The standard InChI is InChI=1S/C25H26ClN5O3/c1-2-13-27-25(33)20-5-3-4-6-21(20)28-24(32)18-11-14-31(15-12-18)16-22-29-23(30-34-22)17-7-9-19(26)10-8-17/h2-10,18H,1,11-16H2,(H,27,33)(H,28,32). The van der Waals surface area contributed by atoms with Crippen molar-refractivity contribution in [2.75, 3.05) is 25.0 Å². The number of carbonyl (C=O) groups excluding carboxylic acids is 2. The summed E-state index contributed by atoms with van der Waals surface area (Å²) in [4.78, 5) is 31.9. The Bertz CT molecular complexity index is 1150. The van der Waals surface area contributed by atoms with Crippen molar-refractivity contribution in [2.24, 2.45) is 5.92 Å². The summed E-state index contributed by atoms with van der Waals surface area (Å²) in [5, 5.41) is 10.4. The molecule has 2 heterocycles. The Morgan fingerprint density at radius 2 is 1.88 bits per heavy atom. The van der Waals surface area contributed by atoms with Crippen molar-refractivity contribution in [2.45, 2.75) is 19.4 Å². The second-order valence-corrected chi connectivity index (χ2v) is 8.54. The fourth-order valence-electron chi connectivity index (χ4n) is 3.86. The van der Waals surface area contributed by atoms with E-state index in [9.17, 15) is 9.59 Å². The minimum absolute atomic E-state index is 0.0774. The number of nitrogens with one attached hydrogen (secondary N) is 2. The second-order valence-electron chi connectivity index (χ2n) is 8.10. The van der Waals surface area contributed by atoms with Crippen molar-refractivity contribution in [3.8, 4) is 11.4 Å².